The van der Waals surface area contributed by atoms with Crippen LogP contribution in [0.15, 0.2) is 45.8 Å². The number of benzene rings is 2. The molecule has 1 heterocycles. The Morgan fingerprint density at radius 1 is 1.23 bits per heavy atom. The molecule has 3 atom stereocenters. The van der Waals surface area contributed by atoms with Crippen LogP contribution in [0.3, 0.4) is 0 Å². The van der Waals surface area contributed by atoms with Gasteiger partial charge >= 0.3 is 6.18 Å². The van der Waals surface area contributed by atoms with Crippen molar-refractivity contribution >= 4 is 33.4 Å². The summed E-state index contributed by atoms with van der Waals surface area (Å²) in [5.74, 6) is -5.29. The Labute approximate surface area is 200 Å². The highest BCUT2D eigenvalue weighted by Crippen LogP contribution is 2.59. The van der Waals surface area contributed by atoms with Gasteiger partial charge in [-0.3, -0.25) is 4.79 Å². The molecule has 2 aromatic rings. The van der Waals surface area contributed by atoms with Crippen LogP contribution < -0.4 is 10.1 Å². The Balaban J connectivity index is 1.97. The molecule has 15 heteroatoms. The maximum Gasteiger partial charge on any atom is 0.403 e. The molecule has 0 unspecified atom stereocenters. The molecular weight excluding hydrogens is 519 g/mol. The Kier molecular flexibility index (Phi) is 7.25. The number of anilines is 1. The highest BCUT2D eigenvalue weighted by Gasteiger charge is 2.60. The number of halogens is 5. The van der Waals surface area contributed by atoms with E-state index >= 15 is 0 Å². The molecule has 1 fully saturated rings. The summed E-state index contributed by atoms with van der Waals surface area (Å²) in [6.07, 6.45) is -5.32. The first-order valence-electron chi connectivity index (χ1n) is 9.73. The molecule has 1 aliphatic heterocycles. The van der Waals surface area contributed by atoms with E-state index < -0.39 is 61.8 Å². The third kappa shape index (κ3) is 5.16. The van der Waals surface area contributed by atoms with E-state index in [0.717, 1.165) is 50.4 Å². The number of rotatable bonds is 6. The van der Waals surface area contributed by atoms with Gasteiger partial charge in [0.15, 0.2) is 11.6 Å². The number of hydrogen-bond donors (Lipinski definition) is 1. The van der Waals surface area contributed by atoms with Gasteiger partial charge in [-0.1, -0.05) is 6.07 Å². The van der Waals surface area contributed by atoms with Crippen molar-refractivity contribution in [2.75, 3.05) is 12.4 Å². The zero-order valence-electron chi connectivity index (χ0n) is 18.0. The van der Waals surface area contributed by atoms with Gasteiger partial charge in [-0.15, -0.1) is 11.8 Å². The van der Waals surface area contributed by atoms with E-state index in [2.05, 4.69) is 14.7 Å². The Hall–Kier alpha value is -3.03. The van der Waals surface area contributed by atoms with Crippen molar-refractivity contribution in [2.24, 2.45) is 4.52 Å². The van der Waals surface area contributed by atoms with E-state index in [1.54, 1.807) is 0 Å². The van der Waals surface area contributed by atoms with Gasteiger partial charge in [-0.05, 0) is 49.2 Å². The number of carbonyl (C=O) groups is 1. The van der Waals surface area contributed by atoms with Crippen LogP contribution in [-0.4, -0.2) is 37.6 Å². The first-order chi connectivity index (χ1) is 16.2. The first kappa shape index (κ1) is 26.6. The minimum absolute atomic E-state index is 0.0482. The molecule has 1 saturated heterocycles. The number of amides is 1. The van der Waals surface area contributed by atoms with Crippen LogP contribution >= 0.6 is 11.8 Å². The second-order valence-electron chi connectivity index (χ2n) is 7.72. The molecule has 2 aromatic carbocycles. The van der Waals surface area contributed by atoms with Crippen LogP contribution in [0, 0.1) is 11.6 Å². The highest BCUT2D eigenvalue weighted by atomic mass is 32.2. The highest BCUT2D eigenvalue weighted by molar-refractivity contribution is 8.02. The molecule has 188 valence electrons. The van der Waals surface area contributed by atoms with Gasteiger partial charge in [-0.2, -0.15) is 17.6 Å². The van der Waals surface area contributed by atoms with Gasteiger partial charge in [0.2, 0.25) is 11.7 Å². The number of sulfonamides is 1. The lowest BCUT2D eigenvalue weighted by Crippen LogP contribution is -2.37. The monoisotopic (exact) mass is 536 g/mol. The predicted molar refractivity (Wildman–Crippen MR) is 118 cm³/mol. The average Bonchev–Trinajstić information content (AvgIpc) is 3.15. The molecule has 1 aliphatic rings. The van der Waals surface area contributed by atoms with Gasteiger partial charge in [0.25, 0.3) is 10.0 Å². The molecule has 3 rings (SSSR count). The van der Waals surface area contributed by atoms with E-state index in [4.69, 9.17) is 10.3 Å². The number of thioether (sulfide) groups is 1. The summed E-state index contributed by atoms with van der Waals surface area (Å²) < 4.78 is 98.2. The normalized spacial score (nSPS) is 22.4. The van der Waals surface area contributed by atoms with Gasteiger partial charge in [0.1, 0.15) is 4.75 Å². The van der Waals surface area contributed by atoms with Crippen LogP contribution in [0.5, 0.6) is 5.75 Å². The number of hydrogen-bond acceptors (Lipinski definition) is 5. The Morgan fingerprint density at radius 2 is 1.86 bits per heavy atom. The van der Waals surface area contributed by atoms with Crippen molar-refractivity contribution in [1.82, 2.24) is 0 Å². The second kappa shape index (κ2) is 9.55. The number of nitrogens with one attached hydrogen (secondary N) is 1. The van der Waals surface area contributed by atoms with E-state index in [1.807, 2.05) is 0 Å². The van der Waals surface area contributed by atoms with Gasteiger partial charge < -0.3 is 10.1 Å². The minimum Gasteiger partial charge on any atom is -0.493 e. The molecule has 0 spiro atoms. The van der Waals surface area contributed by atoms with Crippen molar-refractivity contribution in [2.45, 2.75) is 40.3 Å². The summed E-state index contributed by atoms with van der Waals surface area (Å²) in [4.78, 5) is 14.9. The fourth-order valence-corrected chi connectivity index (χ4v) is 5.91. The molecule has 0 aromatic heterocycles. The molecule has 0 aliphatic carbocycles. The van der Waals surface area contributed by atoms with E-state index in [9.17, 15) is 35.2 Å². The SMILES string of the molecule is COc1c([C@@H]2C[C@](C)(C(F)(F)F)S[C@H]2C(=O)Nc2ccc(S(=O)(=O)N=[N+]=[N-])cc2)ccc(F)c1F. The maximum absolute atomic E-state index is 14.3. The Bertz CT molecular complexity index is 1300. The van der Waals surface area contributed by atoms with Gasteiger partial charge in [0, 0.05) is 26.6 Å². The van der Waals surface area contributed by atoms with Crippen LogP contribution in [0.1, 0.15) is 24.8 Å². The summed E-state index contributed by atoms with van der Waals surface area (Å²) in [5, 5.41) is 1.03. The zero-order chi connectivity index (χ0) is 26.2. The summed E-state index contributed by atoms with van der Waals surface area (Å²) >= 11 is 0.334. The fraction of sp³-hybridized carbons (Fsp3) is 0.350. The standard InChI is InChI=1S/C20H17F5N4O4S2/c1-19(20(23,24)25)9-13(12-7-8-14(21)15(22)16(12)33-2)17(34-19)18(30)27-10-3-5-11(6-4-10)35(31,32)29-28-26/h3-8,13,17H,9H2,1-2H3,(H,27,30)/t13-,17+,19+/m0/s1. The number of carbonyl (C=O) groups excluding carboxylic acids is 1. The average molecular weight is 537 g/mol. The third-order valence-electron chi connectivity index (χ3n) is 5.47. The number of azide groups is 1. The van der Waals surface area contributed by atoms with Gasteiger partial charge in [0.05, 0.1) is 17.3 Å². The van der Waals surface area contributed by atoms with E-state index in [0.29, 0.717) is 11.8 Å². The number of nitrogens with zero attached hydrogens (tertiary/aromatic N) is 3. The van der Waals surface area contributed by atoms with Gasteiger partial charge in [-0.25, -0.2) is 12.8 Å². The van der Waals surface area contributed by atoms with Crippen molar-refractivity contribution in [3.8, 4) is 5.75 Å². The Morgan fingerprint density at radius 3 is 2.40 bits per heavy atom. The lowest BCUT2D eigenvalue weighted by molar-refractivity contribution is -0.155. The molecular formula is C20H17F5N4O4S2. The van der Waals surface area contributed by atoms with Crippen LogP contribution in [0.2, 0.25) is 0 Å². The van der Waals surface area contributed by atoms with Crippen molar-refractivity contribution in [1.29, 1.82) is 0 Å². The van der Waals surface area contributed by atoms with E-state index in [-0.39, 0.29) is 16.1 Å². The molecule has 8 nitrogen and oxygen atoms in total. The summed E-state index contributed by atoms with van der Waals surface area (Å²) in [6.45, 7) is 0.916. The number of ether oxygens (including phenoxy) is 1. The summed E-state index contributed by atoms with van der Waals surface area (Å²) in [7, 11) is -3.24. The van der Waals surface area contributed by atoms with Crippen molar-refractivity contribution < 1.29 is 39.9 Å². The number of alkyl halides is 3. The van der Waals surface area contributed by atoms with E-state index in [1.165, 1.54) is 0 Å². The molecule has 1 amide bonds. The molecule has 0 radical (unpaired) electrons. The van der Waals surface area contributed by atoms with Crippen LogP contribution in [0.4, 0.5) is 27.6 Å². The maximum atomic E-state index is 14.3. The first-order valence-corrected chi connectivity index (χ1v) is 12.0. The quantitative estimate of drug-likeness (QED) is 0.226. The molecule has 1 N–H and O–H groups in total. The third-order valence-corrected chi connectivity index (χ3v) is 8.34. The molecule has 35 heavy (non-hydrogen) atoms. The zero-order valence-corrected chi connectivity index (χ0v) is 19.6. The summed E-state index contributed by atoms with van der Waals surface area (Å²) in [6, 6.07) is 6.23. The molecule has 0 bridgehead atoms. The minimum atomic E-state index is -4.71. The van der Waals surface area contributed by atoms with Crippen LogP contribution in [-0.2, 0) is 14.8 Å². The van der Waals surface area contributed by atoms with Crippen molar-refractivity contribution in [3.63, 3.8) is 0 Å². The topological polar surface area (TPSA) is 121 Å². The lowest BCUT2D eigenvalue weighted by atomic mass is 9.85. The largest absolute Gasteiger partial charge is 0.493 e. The fourth-order valence-electron chi connectivity index (χ4n) is 3.69. The van der Waals surface area contributed by atoms with Crippen LogP contribution in [0.25, 0.3) is 10.4 Å². The predicted octanol–water partition coefficient (Wildman–Crippen LogP) is 5.52. The lowest BCUT2D eigenvalue weighted by Gasteiger charge is -2.26. The smallest absolute Gasteiger partial charge is 0.403 e. The second-order valence-corrected chi connectivity index (χ2v) is 11.0. The number of methoxy groups -OCH3 is 1. The molecule has 0 saturated carbocycles. The van der Waals surface area contributed by atoms with Crippen molar-refractivity contribution in [3.05, 3.63) is 64.0 Å². The summed E-state index contributed by atoms with van der Waals surface area (Å²) in [5.41, 5.74) is 8.29.